The van der Waals surface area contributed by atoms with Crippen molar-refractivity contribution in [2.45, 2.75) is 24.7 Å². The van der Waals surface area contributed by atoms with Gasteiger partial charge in [0.2, 0.25) is 11.8 Å². The van der Waals surface area contributed by atoms with E-state index in [2.05, 4.69) is 16.0 Å². The van der Waals surface area contributed by atoms with Crippen molar-refractivity contribution < 1.29 is 36.2 Å². The van der Waals surface area contributed by atoms with Gasteiger partial charge in [-0.2, -0.15) is 8.42 Å². The van der Waals surface area contributed by atoms with Crippen LogP contribution in [0.5, 0.6) is 0 Å². The van der Waals surface area contributed by atoms with E-state index < -0.39 is 17.7 Å². The van der Waals surface area contributed by atoms with Crippen LogP contribution in [0.25, 0.3) is 10.8 Å². The fourth-order valence-corrected chi connectivity index (χ4v) is 4.70. The SMILES string of the molecule is C#CP(=O)(OCC)OCCNC(=O)CCC(=O)NCCNc1cccc2c(S(=O)(=O)O)cccc12. The van der Waals surface area contributed by atoms with Gasteiger partial charge in [-0.05, 0) is 19.1 Å². The van der Waals surface area contributed by atoms with E-state index in [-0.39, 0.29) is 55.9 Å². The third-order valence-electron chi connectivity index (χ3n) is 4.64. The largest absolute Gasteiger partial charge is 0.405 e. The van der Waals surface area contributed by atoms with Crippen LogP contribution in [-0.2, 0) is 33.3 Å². The van der Waals surface area contributed by atoms with Gasteiger partial charge in [0.05, 0.1) is 13.2 Å². The summed E-state index contributed by atoms with van der Waals surface area (Å²) >= 11 is 0. The van der Waals surface area contributed by atoms with Gasteiger partial charge in [-0.1, -0.05) is 24.3 Å². The van der Waals surface area contributed by atoms with E-state index in [0.717, 1.165) is 0 Å². The van der Waals surface area contributed by atoms with Crippen LogP contribution in [0.4, 0.5) is 5.69 Å². The molecule has 0 aliphatic heterocycles. The number of terminal acetylenes is 1. The average Bonchev–Trinajstić information content (AvgIpc) is 2.82. The summed E-state index contributed by atoms with van der Waals surface area (Å²) in [7, 11) is -7.95. The van der Waals surface area contributed by atoms with Crippen molar-refractivity contribution in [3.63, 3.8) is 0 Å². The van der Waals surface area contributed by atoms with Gasteiger partial charge in [0.15, 0.2) is 0 Å². The smallest absolute Gasteiger partial charge is 0.383 e. The highest BCUT2D eigenvalue weighted by molar-refractivity contribution is 7.86. The number of fused-ring (bicyclic) bond motifs is 1. The lowest BCUT2D eigenvalue weighted by molar-refractivity contribution is -0.126. The van der Waals surface area contributed by atoms with Crippen molar-refractivity contribution in [3.05, 3.63) is 36.4 Å². The molecule has 0 radical (unpaired) electrons. The van der Waals surface area contributed by atoms with Gasteiger partial charge in [0.1, 0.15) is 4.90 Å². The Morgan fingerprint density at radius 2 is 1.63 bits per heavy atom. The minimum absolute atomic E-state index is 0.0273. The fourth-order valence-electron chi connectivity index (χ4n) is 3.10. The quantitative estimate of drug-likeness (QED) is 0.126. The molecule has 35 heavy (non-hydrogen) atoms. The predicted molar refractivity (Wildman–Crippen MR) is 132 cm³/mol. The van der Waals surface area contributed by atoms with Gasteiger partial charge in [-0.15, -0.1) is 6.42 Å². The average molecular weight is 526 g/mol. The van der Waals surface area contributed by atoms with Crippen LogP contribution in [-0.4, -0.2) is 57.6 Å². The van der Waals surface area contributed by atoms with Crippen LogP contribution < -0.4 is 16.0 Å². The standard InChI is InChI=1S/C22H28N3O8PS/c1-3-32-34(28,4-2)33-16-15-25-22(27)12-11-21(26)24-14-13-23-19-9-5-8-18-17(19)7-6-10-20(18)35(29,30)31/h2,5-10,23H,3,11-16H2,1H3,(H,24,26)(H,25,27)(H,29,30,31). The Morgan fingerprint density at radius 1 is 1.00 bits per heavy atom. The first-order valence-electron chi connectivity index (χ1n) is 10.7. The molecule has 1 atom stereocenters. The predicted octanol–water partition coefficient (Wildman–Crippen LogP) is 2.35. The summed E-state index contributed by atoms with van der Waals surface area (Å²) in [6.07, 6.45) is 5.04. The molecule has 2 amide bonds. The summed E-state index contributed by atoms with van der Waals surface area (Å²) in [6.45, 7) is 2.34. The van der Waals surface area contributed by atoms with Gasteiger partial charge in [0.25, 0.3) is 10.1 Å². The van der Waals surface area contributed by atoms with Gasteiger partial charge in [-0.25, -0.2) is 4.57 Å². The van der Waals surface area contributed by atoms with Crippen molar-refractivity contribution in [2.75, 3.05) is 38.2 Å². The highest BCUT2D eigenvalue weighted by atomic mass is 32.2. The summed E-state index contributed by atoms with van der Waals surface area (Å²) in [5, 5.41) is 9.32. The number of amides is 2. The Kier molecular flexibility index (Phi) is 10.7. The second kappa shape index (κ2) is 13.2. The normalized spacial score (nSPS) is 12.9. The number of hydrogen-bond acceptors (Lipinski definition) is 8. The maximum absolute atomic E-state index is 12.0. The summed E-state index contributed by atoms with van der Waals surface area (Å²) < 4.78 is 54.3. The van der Waals surface area contributed by atoms with Crippen molar-refractivity contribution in [2.24, 2.45) is 0 Å². The molecule has 0 saturated heterocycles. The number of benzene rings is 2. The van der Waals surface area contributed by atoms with E-state index in [1.807, 2.05) is 5.66 Å². The number of carbonyl (C=O) groups excluding carboxylic acids is 2. The summed E-state index contributed by atoms with van der Waals surface area (Å²) in [6, 6.07) is 9.57. The maximum atomic E-state index is 12.0. The number of hydrogen-bond donors (Lipinski definition) is 4. The number of carbonyl (C=O) groups is 2. The van der Waals surface area contributed by atoms with Crippen molar-refractivity contribution in [1.29, 1.82) is 0 Å². The molecule has 13 heteroatoms. The molecule has 0 spiro atoms. The van der Waals surface area contributed by atoms with E-state index in [9.17, 15) is 27.1 Å². The minimum atomic E-state index is -4.36. The first-order valence-corrected chi connectivity index (χ1v) is 13.7. The van der Waals surface area contributed by atoms with E-state index in [1.165, 1.54) is 12.1 Å². The monoisotopic (exact) mass is 525 g/mol. The Labute approximate surface area is 204 Å². The molecule has 0 aliphatic rings. The molecule has 11 nitrogen and oxygen atoms in total. The molecule has 0 bridgehead atoms. The Bertz CT molecular complexity index is 1240. The lowest BCUT2D eigenvalue weighted by atomic mass is 10.1. The second-order valence-electron chi connectivity index (χ2n) is 7.14. The molecule has 2 aromatic carbocycles. The van der Waals surface area contributed by atoms with Gasteiger partial charge in [-0.3, -0.25) is 23.2 Å². The van der Waals surface area contributed by atoms with E-state index >= 15 is 0 Å². The second-order valence-corrected chi connectivity index (χ2v) is 10.3. The first-order chi connectivity index (χ1) is 16.6. The zero-order valence-electron chi connectivity index (χ0n) is 19.2. The molecule has 0 fully saturated rings. The molecule has 2 rings (SSSR count). The highest BCUT2D eigenvalue weighted by Gasteiger charge is 2.20. The Balaban J connectivity index is 1.71. The maximum Gasteiger partial charge on any atom is 0.405 e. The Morgan fingerprint density at radius 3 is 2.26 bits per heavy atom. The molecular formula is C22H28N3O8PS. The van der Waals surface area contributed by atoms with Gasteiger partial charge in [0, 0.05) is 54.6 Å². The lowest BCUT2D eigenvalue weighted by Gasteiger charge is -2.12. The first kappa shape index (κ1) is 28.3. The van der Waals surface area contributed by atoms with Crippen LogP contribution in [0.2, 0.25) is 0 Å². The molecule has 0 saturated carbocycles. The molecule has 0 aliphatic carbocycles. The number of nitrogens with one attached hydrogen (secondary N) is 3. The third kappa shape index (κ3) is 8.98. The van der Waals surface area contributed by atoms with Crippen LogP contribution in [0.3, 0.4) is 0 Å². The van der Waals surface area contributed by atoms with Gasteiger partial charge < -0.3 is 16.0 Å². The van der Waals surface area contributed by atoms with Gasteiger partial charge >= 0.3 is 7.60 Å². The molecule has 190 valence electrons. The zero-order valence-corrected chi connectivity index (χ0v) is 20.9. The van der Waals surface area contributed by atoms with E-state index in [4.69, 9.17) is 15.5 Å². The summed E-state index contributed by atoms with van der Waals surface area (Å²) in [5.41, 5.74) is 2.61. The lowest BCUT2D eigenvalue weighted by Crippen LogP contribution is -2.31. The topological polar surface area (TPSA) is 160 Å². The third-order valence-corrected chi connectivity index (χ3v) is 6.99. The molecule has 0 aromatic heterocycles. The van der Waals surface area contributed by atoms with E-state index in [0.29, 0.717) is 23.0 Å². The minimum Gasteiger partial charge on any atom is -0.383 e. The molecule has 0 heterocycles. The van der Waals surface area contributed by atoms with Crippen molar-refractivity contribution in [3.8, 4) is 12.1 Å². The molecular weight excluding hydrogens is 497 g/mol. The molecule has 2 aromatic rings. The molecule has 1 unspecified atom stereocenters. The Hall–Kier alpha value is -2.94. The fraction of sp³-hybridized carbons (Fsp3) is 0.364. The summed E-state index contributed by atoms with van der Waals surface area (Å²) in [5.74, 6) is -0.697. The zero-order chi connectivity index (χ0) is 25.9. The summed E-state index contributed by atoms with van der Waals surface area (Å²) in [4.78, 5) is 23.6. The van der Waals surface area contributed by atoms with Crippen LogP contribution in [0.1, 0.15) is 19.8 Å². The van der Waals surface area contributed by atoms with Crippen LogP contribution in [0, 0.1) is 12.1 Å². The highest BCUT2D eigenvalue weighted by Crippen LogP contribution is 2.46. The van der Waals surface area contributed by atoms with Crippen molar-refractivity contribution in [1.82, 2.24) is 10.6 Å². The van der Waals surface area contributed by atoms with Crippen LogP contribution in [0.15, 0.2) is 41.3 Å². The number of anilines is 1. The van der Waals surface area contributed by atoms with Crippen LogP contribution >= 0.6 is 7.60 Å². The van der Waals surface area contributed by atoms with E-state index in [1.54, 1.807) is 31.2 Å². The number of rotatable bonds is 14. The molecule has 4 N–H and O–H groups in total. The van der Waals surface area contributed by atoms with Crippen molar-refractivity contribution >= 4 is 46.0 Å².